The summed E-state index contributed by atoms with van der Waals surface area (Å²) in [6.07, 6.45) is 3.62. The van der Waals surface area contributed by atoms with Gasteiger partial charge in [-0.15, -0.1) is 0 Å². The lowest BCUT2D eigenvalue weighted by Gasteiger charge is -2.16. The molecule has 1 aromatic carbocycles. The molecule has 1 aliphatic rings. The van der Waals surface area contributed by atoms with Crippen LogP contribution in [0.15, 0.2) is 62.3 Å². The first-order valence-electron chi connectivity index (χ1n) is 11.5. The van der Waals surface area contributed by atoms with Crippen molar-refractivity contribution in [3.05, 3.63) is 82.8 Å². The molecule has 5 aromatic rings. The van der Waals surface area contributed by atoms with Crippen LogP contribution in [0.4, 0.5) is 11.4 Å². The molecule has 9 heteroatoms. The molecule has 0 saturated carbocycles. The Morgan fingerprint density at radius 2 is 1.94 bits per heavy atom. The van der Waals surface area contributed by atoms with Gasteiger partial charge in [0.05, 0.1) is 34.2 Å². The molecule has 1 N–H and O–H groups in total. The van der Waals surface area contributed by atoms with Crippen molar-refractivity contribution in [2.75, 3.05) is 16.8 Å². The Morgan fingerprint density at radius 1 is 1.08 bits per heavy atom. The molecule has 0 spiro atoms. The Balaban J connectivity index is 1.32. The van der Waals surface area contributed by atoms with Crippen molar-refractivity contribution in [1.29, 1.82) is 0 Å². The van der Waals surface area contributed by atoms with Crippen molar-refractivity contribution in [2.45, 2.75) is 27.2 Å². The van der Waals surface area contributed by atoms with E-state index in [0.29, 0.717) is 52.3 Å². The number of hydrogen-bond acceptors (Lipinski definition) is 7. The third-order valence-corrected chi connectivity index (χ3v) is 6.42. The molecule has 1 aliphatic heterocycles. The van der Waals surface area contributed by atoms with Crippen LogP contribution in [0.3, 0.4) is 0 Å². The number of aromatic nitrogens is 2. The van der Waals surface area contributed by atoms with E-state index in [2.05, 4.69) is 15.5 Å². The summed E-state index contributed by atoms with van der Waals surface area (Å²) in [4.78, 5) is 32.6. The molecular formula is C27H22N4O5. The zero-order chi connectivity index (χ0) is 25.0. The Labute approximate surface area is 205 Å². The molecule has 2 amide bonds. The highest BCUT2D eigenvalue weighted by Crippen LogP contribution is 2.33. The number of amides is 2. The first kappa shape index (κ1) is 21.8. The number of pyridine rings is 1. The highest BCUT2D eigenvalue weighted by Gasteiger charge is 2.27. The van der Waals surface area contributed by atoms with Gasteiger partial charge in [-0.2, -0.15) is 0 Å². The van der Waals surface area contributed by atoms with Gasteiger partial charge in [-0.25, -0.2) is 4.98 Å². The van der Waals surface area contributed by atoms with E-state index in [1.807, 2.05) is 32.0 Å². The molecular weight excluding hydrogens is 460 g/mol. The van der Waals surface area contributed by atoms with Gasteiger partial charge >= 0.3 is 0 Å². The van der Waals surface area contributed by atoms with Crippen LogP contribution in [0.1, 0.15) is 43.5 Å². The molecule has 0 fully saturated rings. The summed E-state index contributed by atoms with van der Waals surface area (Å²) in [6, 6.07) is 10.8. The molecule has 0 bridgehead atoms. The Kier molecular flexibility index (Phi) is 4.99. The van der Waals surface area contributed by atoms with Crippen LogP contribution in [-0.4, -0.2) is 28.5 Å². The van der Waals surface area contributed by atoms with Crippen molar-refractivity contribution in [2.24, 2.45) is 0 Å². The summed E-state index contributed by atoms with van der Waals surface area (Å²) in [5.74, 6) is 1.04. The van der Waals surface area contributed by atoms with E-state index in [0.717, 1.165) is 22.6 Å². The number of rotatable bonds is 4. The third-order valence-electron chi connectivity index (χ3n) is 6.42. The number of aryl methyl sites for hydroxylation is 3. The molecule has 36 heavy (non-hydrogen) atoms. The summed E-state index contributed by atoms with van der Waals surface area (Å²) in [7, 11) is 0. The first-order valence-corrected chi connectivity index (χ1v) is 11.5. The van der Waals surface area contributed by atoms with Gasteiger partial charge in [-0.05, 0) is 69.2 Å². The van der Waals surface area contributed by atoms with E-state index >= 15 is 0 Å². The molecule has 5 heterocycles. The number of nitrogens with zero attached hydrogens (tertiary/aromatic N) is 3. The highest BCUT2D eigenvalue weighted by atomic mass is 16.5. The molecule has 0 radical (unpaired) electrons. The molecule has 0 aliphatic carbocycles. The summed E-state index contributed by atoms with van der Waals surface area (Å²) >= 11 is 0. The van der Waals surface area contributed by atoms with Crippen LogP contribution >= 0.6 is 0 Å². The molecule has 0 saturated heterocycles. The van der Waals surface area contributed by atoms with Crippen LogP contribution in [0.2, 0.25) is 0 Å². The third kappa shape index (κ3) is 3.56. The smallest absolute Gasteiger partial charge is 0.261 e. The standard InChI is InChI=1S/C27H22N4O5/c1-14-10-20(16(3)35-14)22-12-21(24-15(2)30-36-26(24)29-22)25(32)28-19-4-5-23-17(11-19)6-8-31(23)27(33)18-7-9-34-13-18/h4-5,7,9-13H,6,8H2,1-3H3,(H,28,32). The summed E-state index contributed by atoms with van der Waals surface area (Å²) < 4.78 is 16.1. The fourth-order valence-electron chi connectivity index (χ4n) is 4.73. The van der Waals surface area contributed by atoms with Gasteiger partial charge in [0.15, 0.2) is 0 Å². The largest absolute Gasteiger partial charge is 0.472 e. The van der Waals surface area contributed by atoms with E-state index in [9.17, 15) is 9.59 Å². The zero-order valence-corrected chi connectivity index (χ0v) is 19.9. The molecule has 4 aromatic heterocycles. The predicted molar refractivity (Wildman–Crippen MR) is 132 cm³/mol. The Hall–Kier alpha value is -4.66. The Morgan fingerprint density at radius 3 is 2.69 bits per heavy atom. The number of anilines is 2. The highest BCUT2D eigenvalue weighted by molar-refractivity contribution is 6.13. The van der Waals surface area contributed by atoms with Crippen LogP contribution < -0.4 is 10.2 Å². The van der Waals surface area contributed by atoms with Crippen LogP contribution in [0.5, 0.6) is 0 Å². The van der Waals surface area contributed by atoms with Crippen LogP contribution in [-0.2, 0) is 6.42 Å². The number of fused-ring (bicyclic) bond motifs is 2. The number of nitrogens with one attached hydrogen (secondary N) is 1. The molecule has 0 atom stereocenters. The van der Waals surface area contributed by atoms with E-state index in [1.54, 1.807) is 30.0 Å². The van der Waals surface area contributed by atoms with Crippen molar-refractivity contribution in [1.82, 2.24) is 10.1 Å². The summed E-state index contributed by atoms with van der Waals surface area (Å²) in [6.45, 7) is 6.05. The average Bonchev–Trinajstić information content (AvgIpc) is 3.65. The van der Waals surface area contributed by atoms with Gasteiger partial charge in [0.25, 0.3) is 17.5 Å². The predicted octanol–water partition coefficient (Wildman–Crippen LogP) is 5.46. The molecule has 0 unspecified atom stereocenters. The van der Waals surface area contributed by atoms with Crippen LogP contribution in [0, 0.1) is 20.8 Å². The fourth-order valence-corrected chi connectivity index (χ4v) is 4.73. The maximum Gasteiger partial charge on any atom is 0.261 e. The SMILES string of the molecule is Cc1cc(-c2cc(C(=O)Nc3ccc4c(c3)CCN4C(=O)c3ccoc3)c3c(C)noc3n2)c(C)o1. The van der Waals surface area contributed by atoms with E-state index in [4.69, 9.17) is 13.4 Å². The lowest BCUT2D eigenvalue weighted by Crippen LogP contribution is -2.28. The van der Waals surface area contributed by atoms with Gasteiger partial charge in [0, 0.05) is 23.5 Å². The zero-order valence-electron chi connectivity index (χ0n) is 19.9. The quantitative estimate of drug-likeness (QED) is 0.362. The number of benzene rings is 1. The second kappa shape index (κ2) is 8.23. The summed E-state index contributed by atoms with van der Waals surface area (Å²) in [5, 5.41) is 7.57. The number of hydrogen-bond donors (Lipinski definition) is 1. The van der Waals surface area contributed by atoms with Gasteiger partial charge in [0.2, 0.25) is 0 Å². The van der Waals surface area contributed by atoms with Crippen molar-refractivity contribution >= 4 is 34.3 Å². The van der Waals surface area contributed by atoms with E-state index < -0.39 is 0 Å². The topological polar surface area (TPSA) is 115 Å². The molecule has 9 nitrogen and oxygen atoms in total. The van der Waals surface area contributed by atoms with Crippen molar-refractivity contribution in [3.8, 4) is 11.3 Å². The Bertz CT molecular complexity index is 1640. The first-order chi connectivity index (χ1) is 17.4. The van der Waals surface area contributed by atoms with Gasteiger partial charge in [-0.1, -0.05) is 5.16 Å². The minimum atomic E-state index is -0.308. The minimum absolute atomic E-state index is 0.112. The van der Waals surface area contributed by atoms with Gasteiger partial charge in [-0.3, -0.25) is 9.59 Å². The minimum Gasteiger partial charge on any atom is -0.472 e. The molecule has 6 rings (SSSR count). The number of carbonyl (C=O) groups excluding carboxylic acids is 2. The van der Waals surface area contributed by atoms with Gasteiger partial charge in [0.1, 0.15) is 17.8 Å². The van der Waals surface area contributed by atoms with Gasteiger partial charge < -0.3 is 23.6 Å². The molecule has 180 valence electrons. The lowest BCUT2D eigenvalue weighted by molar-refractivity contribution is 0.0987. The van der Waals surface area contributed by atoms with E-state index in [-0.39, 0.29) is 17.5 Å². The summed E-state index contributed by atoms with van der Waals surface area (Å²) in [5.41, 5.74) is 5.58. The number of furan rings is 2. The second-order valence-electron chi connectivity index (χ2n) is 8.85. The maximum atomic E-state index is 13.5. The lowest BCUT2D eigenvalue weighted by atomic mass is 10.0. The maximum absolute atomic E-state index is 13.5. The van der Waals surface area contributed by atoms with Crippen molar-refractivity contribution in [3.63, 3.8) is 0 Å². The second-order valence-corrected chi connectivity index (χ2v) is 8.85. The van der Waals surface area contributed by atoms with E-state index in [1.165, 1.54) is 12.5 Å². The fraction of sp³-hybridized carbons (Fsp3) is 0.185. The number of carbonyl (C=O) groups is 2. The van der Waals surface area contributed by atoms with Crippen molar-refractivity contribution < 1.29 is 22.9 Å². The normalized spacial score (nSPS) is 12.8. The monoisotopic (exact) mass is 482 g/mol. The average molecular weight is 482 g/mol. The van der Waals surface area contributed by atoms with Crippen LogP contribution in [0.25, 0.3) is 22.4 Å².